The molecule has 0 bridgehead atoms. The summed E-state index contributed by atoms with van der Waals surface area (Å²) in [6, 6.07) is 0.518. The van der Waals surface area contributed by atoms with Crippen molar-refractivity contribution in [3.8, 4) is 0 Å². The number of hydrogen-bond donors (Lipinski definition) is 1. The SMILES string of the molecule is CCN1CCCCC1c1cn2c(n1)CC(CO)CC2. The molecule has 0 aromatic carbocycles. The number of likely N-dealkylation sites (tertiary alicyclic amines) is 1. The average molecular weight is 263 g/mol. The Morgan fingerprint density at radius 2 is 2.21 bits per heavy atom. The highest BCUT2D eigenvalue weighted by Gasteiger charge is 2.27. The maximum absolute atomic E-state index is 9.31. The monoisotopic (exact) mass is 263 g/mol. The standard InChI is InChI=1S/C15H25N3O/c1-2-17-7-4-3-5-14(17)13-10-18-8-6-12(11-19)9-15(18)16-13/h10,12,14,19H,2-9,11H2,1H3. The number of aromatic nitrogens is 2. The van der Waals surface area contributed by atoms with Gasteiger partial charge in [0.15, 0.2) is 0 Å². The van der Waals surface area contributed by atoms with E-state index in [1.807, 2.05) is 0 Å². The molecule has 4 nitrogen and oxygen atoms in total. The normalized spacial score (nSPS) is 28.3. The van der Waals surface area contributed by atoms with Crippen LogP contribution >= 0.6 is 0 Å². The zero-order valence-corrected chi connectivity index (χ0v) is 11.9. The third-order valence-corrected chi connectivity index (χ3v) is 4.75. The van der Waals surface area contributed by atoms with Crippen molar-refractivity contribution in [1.82, 2.24) is 14.5 Å². The Labute approximate surface area is 115 Å². The van der Waals surface area contributed by atoms with Gasteiger partial charge in [-0.05, 0) is 38.3 Å². The van der Waals surface area contributed by atoms with Crippen LogP contribution < -0.4 is 0 Å². The fourth-order valence-corrected chi connectivity index (χ4v) is 3.54. The van der Waals surface area contributed by atoms with E-state index >= 15 is 0 Å². The van der Waals surface area contributed by atoms with Crippen molar-refractivity contribution in [2.75, 3.05) is 19.7 Å². The molecular weight excluding hydrogens is 238 g/mol. The van der Waals surface area contributed by atoms with Gasteiger partial charge in [0, 0.05) is 25.8 Å². The van der Waals surface area contributed by atoms with Gasteiger partial charge in [0.25, 0.3) is 0 Å². The van der Waals surface area contributed by atoms with Gasteiger partial charge in [0.05, 0.1) is 11.7 Å². The molecule has 0 aliphatic carbocycles. The van der Waals surface area contributed by atoms with Gasteiger partial charge in [-0.1, -0.05) is 13.3 Å². The molecule has 0 spiro atoms. The molecule has 1 aromatic heterocycles. The Morgan fingerprint density at radius 3 is 3.00 bits per heavy atom. The first-order chi connectivity index (χ1) is 9.31. The molecule has 2 aliphatic rings. The quantitative estimate of drug-likeness (QED) is 0.906. The van der Waals surface area contributed by atoms with Crippen molar-refractivity contribution in [2.24, 2.45) is 5.92 Å². The fourth-order valence-electron chi connectivity index (χ4n) is 3.54. The van der Waals surface area contributed by atoms with Crippen LogP contribution in [0.1, 0.15) is 50.2 Å². The first kappa shape index (κ1) is 13.1. The summed E-state index contributed by atoms with van der Waals surface area (Å²) in [4.78, 5) is 7.44. The Hall–Kier alpha value is -0.870. The topological polar surface area (TPSA) is 41.3 Å². The summed E-state index contributed by atoms with van der Waals surface area (Å²) in [5.74, 6) is 1.60. The second kappa shape index (κ2) is 5.63. The molecule has 0 amide bonds. The van der Waals surface area contributed by atoms with Crippen molar-refractivity contribution >= 4 is 0 Å². The summed E-state index contributed by atoms with van der Waals surface area (Å²) < 4.78 is 2.31. The van der Waals surface area contributed by atoms with E-state index in [0.29, 0.717) is 18.6 Å². The largest absolute Gasteiger partial charge is 0.396 e. The number of aliphatic hydroxyl groups is 1. The Morgan fingerprint density at radius 1 is 1.32 bits per heavy atom. The van der Waals surface area contributed by atoms with Crippen molar-refractivity contribution < 1.29 is 5.11 Å². The zero-order valence-electron chi connectivity index (χ0n) is 11.9. The van der Waals surface area contributed by atoms with Crippen molar-refractivity contribution in [3.63, 3.8) is 0 Å². The molecule has 2 aliphatic heterocycles. The van der Waals surface area contributed by atoms with Crippen LogP contribution in [0.2, 0.25) is 0 Å². The van der Waals surface area contributed by atoms with E-state index in [0.717, 1.165) is 25.9 Å². The van der Waals surface area contributed by atoms with E-state index < -0.39 is 0 Å². The van der Waals surface area contributed by atoms with Crippen LogP contribution in [0.25, 0.3) is 0 Å². The molecule has 0 saturated carbocycles. The summed E-state index contributed by atoms with van der Waals surface area (Å²) in [5.41, 5.74) is 1.26. The number of hydrogen-bond acceptors (Lipinski definition) is 3. The lowest BCUT2D eigenvalue weighted by Crippen LogP contribution is -2.33. The van der Waals surface area contributed by atoms with Crippen molar-refractivity contribution in [1.29, 1.82) is 0 Å². The maximum Gasteiger partial charge on any atom is 0.109 e. The second-order valence-corrected chi connectivity index (χ2v) is 5.96. The summed E-state index contributed by atoms with van der Waals surface area (Å²) in [7, 11) is 0. The van der Waals surface area contributed by atoms with E-state index in [4.69, 9.17) is 4.98 Å². The highest BCUT2D eigenvalue weighted by Crippen LogP contribution is 2.31. The second-order valence-electron chi connectivity index (χ2n) is 5.96. The van der Waals surface area contributed by atoms with Crippen molar-refractivity contribution in [3.05, 3.63) is 17.7 Å². The van der Waals surface area contributed by atoms with Gasteiger partial charge in [0.2, 0.25) is 0 Å². The van der Waals surface area contributed by atoms with Crippen LogP contribution in [0.5, 0.6) is 0 Å². The highest BCUT2D eigenvalue weighted by molar-refractivity contribution is 5.12. The summed E-state index contributed by atoms with van der Waals surface area (Å²) in [5, 5.41) is 9.31. The molecule has 2 atom stereocenters. The highest BCUT2D eigenvalue weighted by atomic mass is 16.3. The lowest BCUT2D eigenvalue weighted by atomic mass is 9.99. The lowest BCUT2D eigenvalue weighted by molar-refractivity contribution is 0.154. The average Bonchev–Trinajstić information content (AvgIpc) is 2.89. The third-order valence-electron chi connectivity index (χ3n) is 4.75. The van der Waals surface area contributed by atoms with Gasteiger partial charge in [-0.2, -0.15) is 0 Å². The minimum Gasteiger partial charge on any atom is -0.396 e. The molecule has 3 rings (SSSR count). The molecule has 1 fully saturated rings. The molecule has 4 heteroatoms. The van der Waals surface area contributed by atoms with Crippen LogP contribution in [0, 0.1) is 5.92 Å². The number of aryl methyl sites for hydroxylation is 1. The van der Waals surface area contributed by atoms with Gasteiger partial charge in [-0.15, -0.1) is 0 Å². The Balaban J connectivity index is 1.80. The van der Waals surface area contributed by atoms with Gasteiger partial charge < -0.3 is 9.67 Å². The van der Waals surface area contributed by atoms with Crippen LogP contribution in [-0.4, -0.2) is 39.3 Å². The number of nitrogens with zero attached hydrogens (tertiary/aromatic N) is 3. The van der Waals surface area contributed by atoms with E-state index in [1.54, 1.807) is 0 Å². The Bertz CT molecular complexity index is 429. The number of piperidine rings is 1. The van der Waals surface area contributed by atoms with Crippen LogP contribution in [-0.2, 0) is 13.0 Å². The minimum absolute atomic E-state index is 0.298. The molecule has 106 valence electrons. The zero-order chi connectivity index (χ0) is 13.2. The molecule has 3 heterocycles. The summed E-state index contributed by atoms with van der Waals surface area (Å²) in [6.07, 6.45) is 8.18. The van der Waals surface area contributed by atoms with Gasteiger partial charge >= 0.3 is 0 Å². The molecule has 1 saturated heterocycles. The van der Waals surface area contributed by atoms with Crippen LogP contribution in [0.15, 0.2) is 6.20 Å². The van der Waals surface area contributed by atoms with Gasteiger partial charge in [0.1, 0.15) is 5.82 Å². The Kier molecular flexibility index (Phi) is 3.89. The predicted octanol–water partition coefficient (Wildman–Crippen LogP) is 1.98. The first-order valence-corrected chi connectivity index (χ1v) is 7.72. The molecule has 1 aromatic rings. The predicted molar refractivity (Wildman–Crippen MR) is 75.0 cm³/mol. The van der Waals surface area contributed by atoms with Gasteiger partial charge in [-0.25, -0.2) is 4.98 Å². The fraction of sp³-hybridized carbons (Fsp3) is 0.800. The molecule has 19 heavy (non-hydrogen) atoms. The van der Waals surface area contributed by atoms with Crippen LogP contribution in [0.3, 0.4) is 0 Å². The lowest BCUT2D eigenvalue weighted by Gasteiger charge is -2.33. The maximum atomic E-state index is 9.31. The number of fused-ring (bicyclic) bond motifs is 1. The minimum atomic E-state index is 0.298. The van der Waals surface area contributed by atoms with Gasteiger partial charge in [-0.3, -0.25) is 4.90 Å². The number of imidazole rings is 1. The molecule has 0 radical (unpaired) electrons. The molecule has 1 N–H and O–H groups in total. The molecule has 2 unspecified atom stereocenters. The first-order valence-electron chi connectivity index (χ1n) is 7.72. The van der Waals surface area contributed by atoms with E-state index in [1.165, 1.54) is 37.3 Å². The van der Waals surface area contributed by atoms with E-state index in [2.05, 4.69) is 22.6 Å². The van der Waals surface area contributed by atoms with E-state index in [9.17, 15) is 5.11 Å². The van der Waals surface area contributed by atoms with Crippen LogP contribution in [0.4, 0.5) is 0 Å². The molecular formula is C15H25N3O. The summed E-state index contributed by atoms with van der Waals surface area (Å²) in [6.45, 7) is 5.89. The number of aliphatic hydroxyl groups excluding tert-OH is 1. The summed E-state index contributed by atoms with van der Waals surface area (Å²) >= 11 is 0. The van der Waals surface area contributed by atoms with E-state index in [-0.39, 0.29) is 0 Å². The van der Waals surface area contributed by atoms with Crippen molar-refractivity contribution in [2.45, 2.75) is 51.6 Å². The smallest absolute Gasteiger partial charge is 0.109 e. The third kappa shape index (κ3) is 2.56. The number of rotatable bonds is 3.